The molecule has 1 aliphatic rings. The second-order valence-corrected chi connectivity index (χ2v) is 7.28. The minimum Gasteiger partial charge on any atom is -0.467 e. The number of sulfone groups is 1. The second kappa shape index (κ2) is 6.59. The van der Waals surface area contributed by atoms with Crippen molar-refractivity contribution in [2.24, 2.45) is 0 Å². The molecule has 2 atom stereocenters. The van der Waals surface area contributed by atoms with Crippen molar-refractivity contribution >= 4 is 15.7 Å². The molecule has 1 amide bonds. The quantitative estimate of drug-likeness (QED) is 0.725. The van der Waals surface area contributed by atoms with Crippen LogP contribution in [0.3, 0.4) is 0 Å². The highest BCUT2D eigenvalue weighted by atomic mass is 32.2. The van der Waals surface area contributed by atoms with Crippen molar-refractivity contribution in [3.63, 3.8) is 0 Å². The van der Waals surface area contributed by atoms with Crippen LogP contribution in [0.4, 0.5) is 0 Å². The lowest BCUT2D eigenvalue weighted by atomic mass is 10.2. The van der Waals surface area contributed by atoms with Crippen LogP contribution in [0, 0.1) is 0 Å². The third kappa shape index (κ3) is 4.29. The van der Waals surface area contributed by atoms with Gasteiger partial charge in [0.1, 0.15) is 5.76 Å². The van der Waals surface area contributed by atoms with Gasteiger partial charge in [-0.25, -0.2) is 8.42 Å². The lowest BCUT2D eigenvalue weighted by Crippen LogP contribution is -2.47. The zero-order valence-corrected chi connectivity index (χ0v) is 12.7. The summed E-state index contributed by atoms with van der Waals surface area (Å²) in [5.74, 6) is 0.0787. The van der Waals surface area contributed by atoms with Crippen LogP contribution in [0.5, 0.6) is 0 Å². The molecule has 1 aliphatic heterocycles. The van der Waals surface area contributed by atoms with Crippen LogP contribution in [0.2, 0.25) is 0 Å². The smallest absolute Gasteiger partial charge is 0.234 e. The van der Waals surface area contributed by atoms with Gasteiger partial charge in [0.25, 0.3) is 0 Å². The summed E-state index contributed by atoms with van der Waals surface area (Å²) < 4.78 is 28.2. The molecule has 0 aliphatic carbocycles. The third-order valence-corrected chi connectivity index (χ3v) is 5.25. The number of amides is 1. The van der Waals surface area contributed by atoms with Crippen molar-refractivity contribution in [3.05, 3.63) is 24.2 Å². The van der Waals surface area contributed by atoms with Crippen molar-refractivity contribution < 1.29 is 22.7 Å². The molecule has 0 spiro atoms. The van der Waals surface area contributed by atoms with Crippen LogP contribution >= 0.6 is 0 Å². The fourth-order valence-corrected chi connectivity index (χ4v) is 4.29. The Labute approximate surface area is 123 Å². The van der Waals surface area contributed by atoms with Gasteiger partial charge >= 0.3 is 0 Å². The molecule has 2 rings (SSSR count). The van der Waals surface area contributed by atoms with Gasteiger partial charge in [-0.1, -0.05) is 6.92 Å². The van der Waals surface area contributed by atoms with Crippen molar-refractivity contribution in [3.8, 4) is 0 Å². The molecule has 1 aromatic heterocycles. The monoisotopic (exact) mass is 316 g/mol. The highest BCUT2D eigenvalue weighted by Gasteiger charge is 2.39. The van der Waals surface area contributed by atoms with E-state index in [1.54, 1.807) is 17.0 Å². The van der Waals surface area contributed by atoms with Gasteiger partial charge in [-0.05, 0) is 18.7 Å². The van der Waals surface area contributed by atoms with E-state index in [1.807, 2.05) is 6.92 Å². The van der Waals surface area contributed by atoms with E-state index in [1.165, 1.54) is 6.26 Å². The number of hydrogen-bond donors (Lipinski definition) is 2. The van der Waals surface area contributed by atoms with E-state index >= 15 is 0 Å². The van der Waals surface area contributed by atoms with E-state index in [2.05, 4.69) is 5.32 Å². The molecule has 0 aromatic carbocycles. The zero-order chi connectivity index (χ0) is 15.5. The van der Waals surface area contributed by atoms with Gasteiger partial charge in [0.05, 0.1) is 43.0 Å². The maximum absolute atomic E-state index is 11.9. The Morgan fingerprint density at radius 2 is 2.29 bits per heavy atom. The fourth-order valence-electron chi connectivity index (χ4n) is 2.46. The number of likely N-dealkylation sites (N-methyl/N-ethyl adjacent to an activating group) is 1. The number of furan rings is 1. The summed E-state index contributed by atoms with van der Waals surface area (Å²) in [5, 5.41) is 12.6. The number of carbonyl (C=O) groups excluding carboxylic acids is 1. The average molecular weight is 316 g/mol. The van der Waals surface area contributed by atoms with Crippen molar-refractivity contribution in [2.45, 2.75) is 25.6 Å². The number of aliphatic hydroxyl groups is 1. The Bertz CT molecular complexity index is 569. The van der Waals surface area contributed by atoms with E-state index in [0.29, 0.717) is 12.3 Å². The molecular weight excluding hydrogens is 296 g/mol. The summed E-state index contributed by atoms with van der Waals surface area (Å²) in [6.07, 6.45) is 0.590. The average Bonchev–Trinajstić information content (AvgIpc) is 3.01. The maximum atomic E-state index is 11.9. The first kappa shape index (κ1) is 16.0. The highest BCUT2D eigenvalue weighted by molar-refractivity contribution is 7.91. The molecule has 0 radical (unpaired) electrons. The minimum absolute atomic E-state index is 0.0501. The lowest BCUT2D eigenvalue weighted by Gasteiger charge is -2.28. The van der Waals surface area contributed by atoms with Crippen molar-refractivity contribution in [1.29, 1.82) is 0 Å². The fraction of sp³-hybridized carbons (Fsp3) is 0.615. The van der Waals surface area contributed by atoms with Crippen LogP contribution in [0.25, 0.3) is 0 Å². The molecule has 1 fully saturated rings. The molecule has 118 valence electrons. The molecule has 7 nitrogen and oxygen atoms in total. The Kier molecular flexibility index (Phi) is 5.02. The summed E-state index contributed by atoms with van der Waals surface area (Å²) in [7, 11) is -3.22. The number of aliphatic hydroxyl groups excluding tert-OH is 1. The topological polar surface area (TPSA) is 99.9 Å². The lowest BCUT2D eigenvalue weighted by molar-refractivity contribution is -0.123. The molecule has 2 N–H and O–H groups in total. The van der Waals surface area contributed by atoms with E-state index in [0.717, 1.165) is 0 Å². The minimum atomic E-state index is -3.22. The van der Waals surface area contributed by atoms with Gasteiger partial charge in [0, 0.05) is 0 Å². The van der Waals surface area contributed by atoms with Crippen molar-refractivity contribution in [1.82, 2.24) is 10.2 Å². The number of rotatable bonds is 6. The van der Waals surface area contributed by atoms with Gasteiger partial charge in [-0.2, -0.15) is 0 Å². The van der Waals surface area contributed by atoms with Crippen LogP contribution in [-0.4, -0.2) is 61.1 Å². The molecule has 1 saturated heterocycles. The first-order valence-corrected chi connectivity index (χ1v) is 8.65. The van der Waals surface area contributed by atoms with E-state index in [4.69, 9.17) is 4.42 Å². The van der Waals surface area contributed by atoms with Crippen LogP contribution in [0.1, 0.15) is 12.7 Å². The first-order chi connectivity index (χ1) is 9.91. The predicted octanol–water partition coefficient (Wildman–Crippen LogP) is -0.624. The Morgan fingerprint density at radius 1 is 1.52 bits per heavy atom. The van der Waals surface area contributed by atoms with Crippen LogP contribution in [-0.2, 0) is 21.2 Å². The third-order valence-electron chi connectivity index (χ3n) is 3.56. The number of nitrogens with one attached hydrogen (secondary N) is 1. The van der Waals surface area contributed by atoms with E-state index < -0.39 is 22.0 Å². The van der Waals surface area contributed by atoms with E-state index in [9.17, 15) is 18.3 Å². The summed E-state index contributed by atoms with van der Waals surface area (Å²) in [4.78, 5) is 13.6. The standard InChI is InChI=1S/C13H20N2O5S/c1-2-15(11-8-21(18,19)9-12(11)16)7-13(17)14-6-10-4-3-5-20-10/h3-5,11-12,16H,2,6-9H2,1H3,(H,14,17). The summed E-state index contributed by atoms with van der Waals surface area (Å²) in [5.41, 5.74) is 0. The molecule has 2 unspecified atom stereocenters. The molecule has 2 heterocycles. The van der Waals surface area contributed by atoms with Gasteiger partial charge in [0.2, 0.25) is 5.91 Å². The summed E-state index contributed by atoms with van der Waals surface area (Å²) in [6, 6.07) is 2.97. The van der Waals surface area contributed by atoms with E-state index in [-0.39, 0.29) is 30.5 Å². The summed E-state index contributed by atoms with van der Waals surface area (Å²) in [6.45, 7) is 2.66. The van der Waals surface area contributed by atoms with Gasteiger partial charge in [-0.3, -0.25) is 9.69 Å². The van der Waals surface area contributed by atoms with Gasteiger partial charge in [-0.15, -0.1) is 0 Å². The Morgan fingerprint density at radius 3 is 2.81 bits per heavy atom. The number of carbonyl (C=O) groups is 1. The normalized spacial score (nSPS) is 24.3. The SMILES string of the molecule is CCN(CC(=O)NCc1ccco1)C1CS(=O)(=O)CC1O. The molecule has 21 heavy (non-hydrogen) atoms. The number of nitrogens with zero attached hydrogens (tertiary/aromatic N) is 1. The van der Waals surface area contributed by atoms with Crippen LogP contribution in [0.15, 0.2) is 22.8 Å². The largest absolute Gasteiger partial charge is 0.467 e. The zero-order valence-electron chi connectivity index (χ0n) is 11.9. The second-order valence-electron chi connectivity index (χ2n) is 5.13. The van der Waals surface area contributed by atoms with Gasteiger partial charge < -0.3 is 14.8 Å². The predicted molar refractivity (Wildman–Crippen MR) is 76.3 cm³/mol. The molecular formula is C13H20N2O5S. The molecule has 0 bridgehead atoms. The maximum Gasteiger partial charge on any atom is 0.234 e. The molecule has 8 heteroatoms. The summed E-state index contributed by atoms with van der Waals surface area (Å²) >= 11 is 0. The Hall–Kier alpha value is -1.38. The number of hydrogen-bond acceptors (Lipinski definition) is 6. The van der Waals surface area contributed by atoms with Crippen molar-refractivity contribution in [2.75, 3.05) is 24.6 Å². The van der Waals surface area contributed by atoms with Gasteiger partial charge in [0.15, 0.2) is 9.84 Å². The van der Waals surface area contributed by atoms with Crippen LogP contribution < -0.4 is 5.32 Å². The first-order valence-electron chi connectivity index (χ1n) is 6.83. The molecule has 1 aromatic rings. The highest BCUT2D eigenvalue weighted by Crippen LogP contribution is 2.18. The Balaban J connectivity index is 1.88. The molecule has 0 saturated carbocycles.